The van der Waals surface area contributed by atoms with Gasteiger partial charge in [0.15, 0.2) is 0 Å². The summed E-state index contributed by atoms with van der Waals surface area (Å²) >= 11 is 0. The molecule has 1 saturated heterocycles. The molecule has 1 aliphatic rings. The van der Waals surface area contributed by atoms with E-state index in [4.69, 9.17) is 9.72 Å². The Morgan fingerprint density at radius 3 is 2.30 bits per heavy atom. The molecular formula is C28H27N3O2. The number of para-hydroxylation sites is 1. The van der Waals surface area contributed by atoms with Crippen LogP contribution in [0.4, 0.5) is 5.69 Å². The van der Waals surface area contributed by atoms with Gasteiger partial charge in [-0.15, -0.1) is 0 Å². The number of aryl methyl sites for hydroxylation is 1. The van der Waals surface area contributed by atoms with Gasteiger partial charge in [0.05, 0.1) is 18.3 Å². The zero-order valence-corrected chi connectivity index (χ0v) is 19.0. The normalized spacial score (nSPS) is 13.9. The summed E-state index contributed by atoms with van der Waals surface area (Å²) in [6, 6.07) is 26.3. The van der Waals surface area contributed by atoms with E-state index in [0.29, 0.717) is 18.7 Å². The molecular weight excluding hydrogens is 410 g/mol. The lowest BCUT2D eigenvalue weighted by atomic mass is 10.0. The predicted molar refractivity (Wildman–Crippen MR) is 133 cm³/mol. The summed E-state index contributed by atoms with van der Waals surface area (Å²) in [5.41, 5.74) is 5.79. The maximum Gasteiger partial charge on any atom is 0.254 e. The van der Waals surface area contributed by atoms with Crippen molar-refractivity contribution in [1.29, 1.82) is 0 Å². The van der Waals surface area contributed by atoms with Gasteiger partial charge in [-0.05, 0) is 37.3 Å². The molecule has 1 aliphatic heterocycles. The Morgan fingerprint density at radius 2 is 1.61 bits per heavy atom. The van der Waals surface area contributed by atoms with Crippen LogP contribution in [0.3, 0.4) is 0 Å². The third kappa shape index (κ3) is 4.27. The van der Waals surface area contributed by atoms with Crippen LogP contribution in [0, 0.1) is 6.92 Å². The third-order valence-electron chi connectivity index (χ3n) is 6.27. The third-order valence-corrected chi connectivity index (χ3v) is 6.27. The minimum atomic E-state index is 0.0503. The molecule has 0 bridgehead atoms. The number of aromatic nitrogens is 1. The quantitative estimate of drug-likeness (QED) is 0.441. The predicted octanol–water partition coefficient (Wildman–Crippen LogP) is 5.18. The first-order valence-electron chi connectivity index (χ1n) is 11.3. The lowest BCUT2D eigenvalue weighted by Crippen LogP contribution is -2.48. The highest BCUT2D eigenvalue weighted by molar-refractivity contribution is 6.00. The van der Waals surface area contributed by atoms with Gasteiger partial charge >= 0.3 is 0 Å². The summed E-state index contributed by atoms with van der Waals surface area (Å²) in [5, 5.41) is 0.849. The van der Waals surface area contributed by atoms with E-state index < -0.39 is 0 Å². The van der Waals surface area contributed by atoms with Gasteiger partial charge in [0.25, 0.3) is 5.91 Å². The number of ether oxygens (including phenoxy) is 1. The summed E-state index contributed by atoms with van der Waals surface area (Å²) in [5.74, 6) is 0.772. The molecule has 33 heavy (non-hydrogen) atoms. The van der Waals surface area contributed by atoms with E-state index >= 15 is 0 Å². The van der Waals surface area contributed by atoms with E-state index in [-0.39, 0.29) is 5.91 Å². The van der Waals surface area contributed by atoms with Gasteiger partial charge in [0, 0.05) is 54.4 Å². The molecule has 1 aromatic heterocycles. The van der Waals surface area contributed by atoms with Crippen LogP contribution in [0.1, 0.15) is 15.9 Å². The molecule has 1 amide bonds. The number of nitrogens with zero attached hydrogens (tertiary/aromatic N) is 3. The van der Waals surface area contributed by atoms with Gasteiger partial charge in [-0.1, -0.05) is 48.0 Å². The fraction of sp³-hybridized carbons (Fsp3) is 0.214. The van der Waals surface area contributed by atoms with Gasteiger partial charge in [0.2, 0.25) is 0 Å². The average molecular weight is 438 g/mol. The Bertz CT molecular complexity index is 1280. The number of amides is 1. The number of methoxy groups -OCH3 is 1. The van der Waals surface area contributed by atoms with E-state index in [1.807, 2.05) is 47.4 Å². The van der Waals surface area contributed by atoms with Crippen LogP contribution < -0.4 is 9.64 Å². The first-order chi connectivity index (χ1) is 16.1. The van der Waals surface area contributed by atoms with Crippen molar-refractivity contribution in [3.8, 4) is 17.0 Å². The van der Waals surface area contributed by atoms with Crippen molar-refractivity contribution in [2.24, 2.45) is 0 Å². The first-order valence-corrected chi connectivity index (χ1v) is 11.3. The smallest absolute Gasteiger partial charge is 0.254 e. The summed E-state index contributed by atoms with van der Waals surface area (Å²) < 4.78 is 5.69. The number of anilines is 1. The Labute approximate surface area is 194 Å². The molecule has 0 atom stereocenters. The van der Waals surface area contributed by atoms with Crippen LogP contribution in [0.25, 0.3) is 22.2 Å². The Kier molecular flexibility index (Phi) is 5.69. The standard InChI is InChI=1S/C28H27N3O2/c1-20-8-10-21(11-9-20)26-19-27(33-2)24-18-22(12-13-25(24)29-26)28(32)31-16-14-30(15-17-31)23-6-4-3-5-7-23/h3-13,18-19H,14-17H2,1-2H3. The Hall–Kier alpha value is -3.86. The Morgan fingerprint density at radius 1 is 0.879 bits per heavy atom. The zero-order chi connectivity index (χ0) is 22.8. The molecule has 5 nitrogen and oxygen atoms in total. The molecule has 0 N–H and O–H groups in total. The van der Waals surface area contributed by atoms with Crippen LogP contribution in [-0.4, -0.2) is 49.1 Å². The summed E-state index contributed by atoms with van der Waals surface area (Å²) in [4.78, 5) is 22.3. The summed E-state index contributed by atoms with van der Waals surface area (Å²) in [7, 11) is 1.66. The molecule has 3 aromatic carbocycles. The molecule has 0 spiro atoms. The van der Waals surface area contributed by atoms with E-state index in [2.05, 4.69) is 48.2 Å². The SMILES string of the molecule is COc1cc(-c2ccc(C)cc2)nc2ccc(C(=O)N3CCN(c4ccccc4)CC3)cc12. The highest BCUT2D eigenvalue weighted by atomic mass is 16.5. The van der Waals surface area contributed by atoms with Crippen LogP contribution in [0.5, 0.6) is 5.75 Å². The van der Waals surface area contributed by atoms with E-state index in [1.165, 1.54) is 11.3 Å². The molecule has 2 heterocycles. The molecule has 0 aliphatic carbocycles. The largest absolute Gasteiger partial charge is 0.496 e. The lowest BCUT2D eigenvalue weighted by Gasteiger charge is -2.36. The maximum atomic E-state index is 13.3. The van der Waals surface area contributed by atoms with Crippen LogP contribution >= 0.6 is 0 Å². The van der Waals surface area contributed by atoms with Crippen molar-refractivity contribution in [1.82, 2.24) is 9.88 Å². The second-order valence-electron chi connectivity index (χ2n) is 8.42. The molecule has 0 saturated carbocycles. The molecule has 166 valence electrons. The van der Waals surface area contributed by atoms with Crippen molar-refractivity contribution >= 4 is 22.5 Å². The Balaban J connectivity index is 1.38. The number of rotatable bonds is 4. The van der Waals surface area contributed by atoms with Crippen molar-refractivity contribution in [2.45, 2.75) is 6.92 Å². The lowest BCUT2D eigenvalue weighted by molar-refractivity contribution is 0.0747. The molecule has 4 aromatic rings. The number of pyridine rings is 1. The fourth-order valence-corrected chi connectivity index (χ4v) is 4.36. The van der Waals surface area contributed by atoms with Crippen molar-refractivity contribution in [3.63, 3.8) is 0 Å². The minimum absolute atomic E-state index is 0.0503. The van der Waals surface area contributed by atoms with E-state index in [1.54, 1.807) is 7.11 Å². The topological polar surface area (TPSA) is 45.7 Å². The summed E-state index contributed by atoms with van der Waals surface area (Å²) in [6.07, 6.45) is 0. The number of carbonyl (C=O) groups excluding carboxylic acids is 1. The van der Waals surface area contributed by atoms with Gasteiger partial charge in [-0.25, -0.2) is 4.98 Å². The van der Waals surface area contributed by atoms with Gasteiger partial charge in [-0.2, -0.15) is 0 Å². The van der Waals surface area contributed by atoms with Crippen LogP contribution in [0.15, 0.2) is 78.9 Å². The molecule has 5 rings (SSSR count). The number of hydrogen-bond acceptors (Lipinski definition) is 4. The highest BCUT2D eigenvalue weighted by Crippen LogP contribution is 2.31. The monoisotopic (exact) mass is 437 g/mol. The number of benzene rings is 3. The second-order valence-corrected chi connectivity index (χ2v) is 8.42. The average Bonchev–Trinajstić information content (AvgIpc) is 2.88. The van der Waals surface area contributed by atoms with Gasteiger partial charge < -0.3 is 14.5 Å². The van der Waals surface area contributed by atoms with E-state index in [9.17, 15) is 4.79 Å². The summed E-state index contributed by atoms with van der Waals surface area (Å²) in [6.45, 7) is 5.13. The molecule has 1 fully saturated rings. The first kappa shape index (κ1) is 21.0. The minimum Gasteiger partial charge on any atom is -0.496 e. The number of carbonyl (C=O) groups is 1. The van der Waals surface area contributed by atoms with E-state index in [0.717, 1.165) is 41.0 Å². The van der Waals surface area contributed by atoms with Crippen molar-refractivity contribution in [3.05, 3.63) is 90.0 Å². The molecule has 0 unspecified atom stereocenters. The maximum absolute atomic E-state index is 13.3. The van der Waals surface area contributed by atoms with Gasteiger partial charge in [0.1, 0.15) is 5.75 Å². The highest BCUT2D eigenvalue weighted by Gasteiger charge is 2.23. The number of fused-ring (bicyclic) bond motifs is 1. The molecule has 0 radical (unpaired) electrons. The van der Waals surface area contributed by atoms with Gasteiger partial charge in [-0.3, -0.25) is 4.79 Å². The second kappa shape index (κ2) is 8.94. The van der Waals surface area contributed by atoms with Crippen molar-refractivity contribution in [2.75, 3.05) is 38.2 Å². The molecule has 5 heteroatoms. The number of piperazine rings is 1. The van der Waals surface area contributed by atoms with Crippen LogP contribution in [0.2, 0.25) is 0 Å². The van der Waals surface area contributed by atoms with Crippen LogP contribution in [-0.2, 0) is 0 Å². The number of hydrogen-bond donors (Lipinski definition) is 0. The van der Waals surface area contributed by atoms with Crippen molar-refractivity contribution < 1.29 is 9.53 Å². The zero-order valence-electron chi connectivity index (χ0n) is 19.0. The fourth-order valence-electron chi connectivity index (χ4n) is 4.36.